The number of halogens is 1. The van der Waals surface area contributed by atoms with Crippen LogP contribution in [0.3, 0.4) is 0 Å². The van der Waals surface area contributed by atoms with Crippen LogP contribution in [0.15, 0.2) is 54.6 Å². The molecule has 8 heteroatoms. The number of hydrogen-bond acceptors (Lipinski definition) is 4. The van der Waals surface area contributed by atoms with Crippen molar-refractivity contribution in [2.75, 3.05) is 20.6 Å². The lowest BCUT2D eigenvalue weighted by atomic mass is 9.94. The summed E-state index contributed by atoms with van der Waals surface area (Å²) in [6.45, 7) is 2.12. The van der Waals surface area contributed by atoms with E-state index in [1.807, 2.05) is 68.6 Å². The van der Waals surface area contributed by atoms with E-state index < -0.39 is 11.9 Å². The molecule has 0 heterocycles. The van der Waals surface area contributed by atoms with Crippen molar-refractivity contribution in [3.8, 4) is 0 Å². The lowest BCUT2D eigenvalue weighted by Crippen LogP contribution is -2.46. The molecule has 0 bridgehead atoms. The van der Waals surface area contributed by atoms with Crippen molar-refractivity contribution in [3.05, 3.63) is 70.7 Å². The fraction of sp³-hybridized carbons (Fsp3) is 0.423. The van der Waals surface area contributed by atoms with Crippen LogP contribution in [0.5, 0.6) is 0 Å². The third-order valence-electron chi connectivity index (χ3n) is 5.93. The number of nitrogens with one attached hydrogen (secondary N) is 2. The van der Waals surface area contributed by atoms with Gasteiger partial charge in [-0.2, -0.15) is 0 Å². The molecule has 7 nitrogen and oxygen atoms in total. The summed E-state index contributed by atoms with van der Waals surface area (Å²) < 4.78 is 0. The van der Waals surface area contributed by atoms with Gasteiger partial charge in [-0.25, -0.2) is 0 Å². The normalized spacial score (nSPS) is 13.5. The van der Waals surface area contributed by atoms with Crippen LogP contribution in [-0.4, -0.2) is 60.5 Å². The predicted octanol–water partition coefficient (Wildman–Crippen LogP) is 3.16. The van der Waals surface area contributed by atoms with Crippen LogP contribution >= 0.6 is 11.6 Å². The van der Waals surface area contributed by atoms with Crippen molar-refractivity contribution in [1.82, 2.24) is 15.5 Å². The van der Waals surface area contributed by atoms with E-state index in [0.29, 0.717) is 24.3 Å². The standard InChI is InChI=1S/C26H34ClN3O4/c1-18(17-29-24(31)16-23(28-2)14-20-9-11-22(27)12-10-20)30(3)26(34)21(15-25(32)33)13-19-7-5-4-6-8-19/h4-12,18,21,23,28H,13-17H2,1-3H3,(H,29,31)(H,32,33)/t18-,21+,23-/m0/s1. The van der Waals surface area contributed by atoms with Crippen LogP contribution < -0.4 is 10.6 Å². The van der Waals surface area contributed by atoms with Crippen molar-refractivity contribution in [3.63, 3.8) is 0 Å². The Hall–Kier alpha value is -2.90. The molecule has 2 rings (SSSR count). The van der Waals surface area contributed by atoms with Gasteiger partial charge in [0.2, 0.25) is 11.8 Å². The molecular weight excluding hydrogens is 454 g/mol. The van der Waals surface area contributed by atoms with Gasteiger partial charge in [0.15, 0.2) is 0 Å². The predicted molar refractivity (Wildman–Crippen MR) is 134 cm³/mol. The fourth-order valence-corrected chi connectivity index (χ4v) is 3.86. The maximum atomic E-state index is 13.1. The van der Waals surface area contributed by atoms with Crippen LogP contribution in [0.4, 0.5) is 0 Å². The number of rotatable bonds is 13. The maximum Gasteiger partial charge on any atom is 0.304 e. The van der Waals surface area contributed by atoms with Gasteiger partial charge in [-0.05, 0) is 50.1 Å². The first-order valence-electron chi connectivity index (χ1n) is 11.4. The Kier molecular flexibility index (Phi) is 11.0. The van der Waals surface area contributed by atoms with Crippen LogP contribution in [0.1, 0.15) is 30.9 Å². The molecule has 0 saturated carbocycles. The van der Waals surface area contributed by atoms with Gasteiger partial charge in [-0.3, -0.25) is 14.4 Å². The van der Waals surface area contributed by atoms with E-state index in [4.69, 9.17) is 11.6 Å². The number of carboxylic acid groups (broad SMARTS) is 1. The number of carbonyl (C=O) groups is 3. The summed E-state index contributed by atoms with van der Waals surface area (Å²) in [5.41, 5.74) is 1.99. The molecule has 2 amide bonds. The number of amides is 2. The van der Waals surface area contributed by atoms with Gasteiger partial charge in [0.05, 0.1) is 12.3 Å². The Labute approximate surface area is 206 Å². The fourth-order valence-electron chi connectivity index (χ4n) is 3.74. The van der Waals surface area contributed by atoms with Crippen LogP contribution in [0, 0.1) is 5.92 Å². The SMILES string of the molecule is CN[C@H](CC(=O)NC[C@H](C)N(C)C(=O)[C@@H](CC(=O)O)Cc1ccccc1)Cc1ccc(Cl)cc1. The topological polar surface area (TPSA) is 98.7 Å². The summed E-state index contributed by atoms with van der Waals surface area (Å²) in [6, 6.07) is 16.6. The summed E-state index contributed by atoms with van der Waals surface area (Å²) in [5.74, 6) is -2.05. The number of likely N-dealkylation sites (N-methyl/N-ethyl adjacent to an activating group) is 2. The molecular formula is C26H34ClN3O4. The van der Waals surface area contributed by atoms with Crippen molar-refractivity contribution < 1.29 is 19.5 Å². The Morgan fingerprint density at radius 3 is 2.18 bits per heavy atom. The Bertz CT molecular complexity index is 937. The van der Waals surface area contributed by atoms with Crippen LogP contribution in [0.25, 0.3) is 0 Å². The first-order valence-corrected chi connectivity index (χ1v) is 11.8. The second kappa shape index (κ2) is 13.7. The highest BCUT2D eigenvalue weighted by Gasteiger charge is 2.27. The molecule has 0 aliphatic heterocycles. The number of carboxylic acids is 1. The van der Waals surface area contributed by atoms with Crippen molar-refractivity contribution in [1.29, 1.82) is 0 Å². The lowest BCUT2D eigenvalue weighted by Gasteiger charge is -2.29. The van der Waals surface area contributed by atoms with Crippen molar-refractivity contribution in [2.45, 2.75) is 44.7 Å². The van der Waals surface area contributed by atoms with E-state index in [0.717, 1.165) is 11.1 Å². The van der Waals surface area contributed by atoms with Gasteiger partial charge in [0, 0.05) is 37.1 Å². The number of hydrogen-bond donors (Lipinski definition) is 3. The summed E-state index contributed by atoms with van der Waals surface area (Å²) >= 11 is 5.93. The molecule has 34 heavy (non-hydrogen) atoms. The highest BCUT2D eigenvalue weighted by molar-refractivity contribution is 6.30. The average Bonchev–Trinajstić information content (AvgIpc) is 2.82. The summed E-state index contributed by atoms with van der Waals surface area (Å²) in [5, 5.41) is 16.0. The van der Waals surface area contributed by atoms with Gasteiger partial charge in [0.25, 0.3) is 0 Å². The van der Waals surface area contributed by atoms with E-state index in [-0.39, 0.29) is 36.9 Å². The molecule has 0 unspecified atom stereocenters. The largest absolute Gasteiger partial charge is 0.481 e. The molecule has 0 aliphatic rings. The third kappa shape index (κ3) is 9.15. The Morgan fingerprint density at radius 2 is 1.59 bits per heavy atom. The zero-order valence-electron chi connectivity index (χ0n) is 20.0. The van der Waals surface area contributed by atoms with Gasteiger partial charge < -0.3 is 20.6 Å². The minimum absolute atomic E-state index is 0.0401. The van der Waals surface area contributed by atoms with Crippen molar-refractivity contribution >= 4 is 29.4 Å². The maximum absolute atomic E-state index is 13.1. The van der Waals surface area contributed by atoms with Gasteiger partial charge in [-0.1, -0.05) is 54.1 Å². The molecule has 3 N–H and O–H groups in total. The first kappa shape index (κ1) is 27.3. The highest BCUT2D eigenvalue weighted by Crippen LogP contribution is 2.17. The summed E-state index contributed by atoms with van der Waals surface area (Å²) in [6.07, 6.45) is 1.08. The second-order valence-electron chi connectivity index (χ2n) is 8.61. The van der Waals surface area contributed by atoms with Gasteiger partial charge in [-0.15, -0.1) is 0 Å². The monoisotopic (exact) mass is 487 g/mol. The Balaban J connectivity index is 1.88. The highest BCUT2D eigenvalue weighted by atomic mass is 35.5. The molecule has 0 aromatic heterocycles. The molecule has 0 spiro atoms. The summed E-state index contributed by atoms with van der Waals surface area (Å²) in [7, 11) is 3.47. The average molecular weight is 488 g/mol. The van der Waals surface area contributed by atoms with Crippen molar-refractivity contribution in [2.24, 2.45) is 5.92 Å². The molecule has 184 valence electrons. The number of benzene rings is 2. The number of aliphatic carboxylic acids is 1. The van der Waals surface area contributed by atoms with E-state index >= 15 is 0 Å². The molecule has 2 aromatic carbocycles. The van der Waals surface area contributed by atoms with Crippen LogP contribution in [0.2, 0.25) is 5.02 Å². The van der Waals surface area contributed by atoms with E-state index in [1.165, 1.54) is 4.90 Å². The number of nitrogens with zero attached hydrogens (tertiary/aromatic N) is 1. The first-order chi connectivity index (χ1) is 16.2. The number of carbonyl (C=O) groups excluding carboxylic acids is 2. The molecule has 3 atom stereocenters. The lowest BCUT2D eigenvalue weighted by molar-refractivity contribution is -0.144. The molecule has 2 aromatic rings. The van der Waals surface area contributed by atoms with E-state index in [9.17, 15) is 19.5 Å². The molecule has 0 saturated heterocycles. The smallest absolute Gasteiger partial charge is 0.304 e. The molecule has 0 aliphatic carbocycles. The minimum Gasteiger partial charge on any atom is -0.481 e. The molecule has 0 fully saturated rings. The van der Waals surface area contributed by atoms with Gasteiger partial charge in [0.1, 0.15) is 0 Å². The van der Waals surface area contributed by atoms with E-state index in [2.05, 4.69) is 10.6 Å². The zero-order valence-corrected chi connectivity index (χ0v) is 20.7. The minimum atomic E-state index is -1.01. The Morgan fingerprint density at radius 1 is 0.971 bits per heavy atom. The summed E-state index contributed by atoms with van der Waals surface area (Å²) in [4.78, 5) is 38.4. The van der Waals surface area contributed by atoms with Gasteiger partial charge >= 0.3 is 5.97 Å². The zero-order chi connectivity index (χ0) is 25.1. The van der Waals surface area contributed by atoms with E-state index in [1.54, 1.807) is 7.05 Å². The molecule has 0 radical (unpaired) electrons. The second-order valence-corrected chi connectivity index (χ2v) is 9.04. The van der Waals surface area contributed by atoms with Crippen LogP contribution in [-0.2, 0) is 27.2 Å². The third-order valence-corrected chi connectivity index (χ3v) is 6.19. The quantitative estimate of drug-likeness (QED) is 0.403.